The number of nitrogens with zero attached hydrogens (tertiary/aromatic N) is 2. The van der Waals surface area contributed by atoms with E-state index in [-0.39, 0.29) is 29.8 Å². The zero-order valence-corrected chi connectivity index (χ0v) is 21.0. The van der Waals surface area contributed by atoms with Gasteiger partial charge in [0.05, 0.1) is 17.1 Å². The Morgan fingerprint density at radius 2 is 2.06 bits per heavy atom. The van der Waals surface area contributed by atoms with Crippen molar-refractivity contribution in [1.29, 1.82) is 0 Å². The van der Waals surface area contributed by atoms with E-state index in [2.05, 4.69) is 11.5 Å². The van der Waals surface area contributed by atoms with Crippen LogP contribution in [0.15, 0.2) is 24.8 Å². The third-order valence-electron chi connectivity index (χ3n) is 10.3. The monoisotopic (exact) mass is 480 g/mol. The number of hydrogen-bond donors (Lipinski definition) is 2. The molecule has 2 heterocycles. The molecule has 6 nitrogen and oxygen atoms in total. The third kappa shape index (κ3) is 3.25. The lowest BCUT2D eigenvalue weighted by atomic mass is 9.48. The Morgan fingerprint density at radius 3 is 2.83 bits per heavy atom. The van der Waals surface area contributed by atoms with Gasteiger partial charge in [0.2, 0.25) is 5.91 Å². The van der Waals surface area contributed by atoms with Gasteiger partial charge < -0.3 is 19.8 Å². The molecule has 0 aromatic heterocycles. The minimum atomic E-state index is -0.951. The lowest BCUT2D eigenvalue weighted by molar-refractivity contribution is -0.198. The van der Waals surface area contributed by atoms with Crippen molar-refractivity contribution in [3.63, 3.8) is 0 Å². The van der Waals surface area contributed by atoms with Gasteiger partial charge in [-0.15, -0.1) is 6.58 Å². The van der Waals surface area contributed by atoms with Crippen LogP contribution in [0.3, 0.4) is 0 Å². The van der Waals surface area contributed by atoms with Crippen molar-refractivity contribution in [1.82, 2.24) is 9.80 Å². The molecule has 2 unspecified atom stereocenters. The normalized spacial score (nSPS) is 35.8. The van der Waals surface area contributed by atoms with E-state index in [0.29, 0.717) is 30.9 Å². The molecule has 1 amide bonds. The van der Waals surface area contributed by atoms with E-state index in [1.54, 1.807) is 6.07 Å². The number of aliphatic hydroxyl groups is 1. The van der Waals surface area contributed by atoms with Crippen molar-refractivity contribution < 1.29 is 19.7 Å². The summed E-state index contributed by atoms with van der Waals surface area (Å²) in [7, 11) is 1.93. The second-order valence-corrected chi connectivity index (χ2v) is 11.8. The first-order chi connectivity index (χ1) is 16.9. The summed E-state index contributed by atoms with van der Waals surface area (Å²) >= 11 is 0. The molecule has 5 aliphatic rings. The second kappa shape index (κ2) is 8.52. The van der Waals surface area contributed by atoms with E-state index >= 15 is 0 Å². The molecule has 6 rings (SSSR count). The Balaban J connectivity index is 1.32. The number of hydrogen-bond acceptors (Lipinski definition) is 5. The van der Waals surface area contributed by atoms with Crippen LogP contribution < -0.4 is 4.74 Å². The Kier molecular flexibility index (Phi) is 5.68. The number of benzene rings is 1. The van der Waals surface area contributed by atoms with E-state index in [4.69, 9.17) is 4.74 Å². The minimum absolute atomic E-state index is 0.0170. The maximum atomic E-state index is 13.4. The summed E-state index contributed by atoms with van der Waals surface area (Å²) in [5, 5.41) is 23.2. The minimum Gasteiger partial charge on any atom is -0.504 e. The molecule has 2 aliphatic heterocycles. The molecule has 0 radical (unpaired) electrons. The van der Waals surface area contributed by atoms with Crippen LogP contribution in [0.5, 0.6) is 11.5 Å². The van der Waals surface area contributed by atoms with Gasteiger partial charge in [-0.1, -0.05) is 44.2 Å². The van der Waals surface area contributed by atoms with Gasteiger partial charge in [0.1, 0.15) is 6.10 Å². The quantitative estimate of drug-likeness (QED) is 0.604. The second-order valence-electron chi connectivity index (χ2n) is 11.8. The molecular formula is C29H40N2O4. The lowest BCUT2D eigenvalue weighted by Crippen LogP contribution is -2.78. The van der Waals surface area contributed by atoms with Crippen LogP contribution in [0, 0.1) is 5.92 Å². The van der Waals surface area contributed by atoms with Crippen molar-refractivity contribution in [2.75, 3.05) is 20.1 Å². The van der Waals surface area contributed by atoms with Crippen molar-refractivity contribution in [3.05, 3.63) is 35.9 Å². The van der Waals surface area contributed by atoms with Gasteiger partial charge in [0, 0.05) is 31.6 Å². The molecule has 190 valence electrons. The summed E-state index contributed by atoms with van der Waals surface area (Å²) in [6, 6.07) is 3.61. The van der Waals surface area contributed by atoms with Crippen LogP contribution in [0.4, 0.5) is 0 Å². The number of rotatable bonds is 6. The molecule has 2 bridgehead atoms. The summed E-state index contributed by atoms with van der Waals surface area (Å²) in [5.74, 6) is 1.54. The van der Waals surface area contributed by atoms with Crippen molar-refractivity contribution >= 4 is 5.91 Å². The first-order valence-corrected chi connectivity index (χ1v) is 13.8. The van der Waals surface area contributed by atoms with Crippen LogP contribution in [-0.2, 0) is 16.6 Å². The average molecular weight is 481 g/mol. The van der Waals surface area contributed by atoms with Crippen LogP contribution in [-0.4, -0.2) is 69.8 Å². The fourth-order valence-corrected chi connectivity index (χ4v) is 8.55. The zero-order chi connectivity index (χ0) is 24.4. The maximum Gasteiger partial charge on any atom is 0.222 e. The number of phenols is 1. The summed E-state index contributed by atoms with van der Waals surface area (Å²) in [5.41, 5.74) is 0.619. The topological polar surface area (TPSA) is 73.2 Å². The number of aromatic hydroxyl groups is 1. The highest BCUT2D eigenvalue weighted by Gasteiger charge is 2.73. The first kappa shape index (κ1) is 23.4. The Morgan fingerprint density at radius 1 is 1.26 bits per heavy atom. The maximum absolute atomic E-state index is 13.4. The number of carbonyl (C=O) groups excluding carboxylic acids is 1. The number of ether oxygens (including phenoxy) is 1. The summed E-state index contributed by atoms with van der Waals surface area (Å²) in [6.07, 6.45) is 12.4. The molecule has 1 saturated heterocycles. The number of likely N-dealkylation sites (N-methyl/N-ethyl adjacent to an activating group) is 1. The van der Waals surface area contributed by atoms with E-state index in [0.717, 1.165) is 43.5 Å². The fraction of sp³-hybridized carbons (Fsp3) is 0.690. The summed E-state index contributed by atoms with van der Waals surface area (Å²) in [6.45, 7) is 5.54. The number of piperidine rings is 1. The van der Waals surface area contributed by atoms with Gasteiger partial charge in [-0.05, 0) is 56.2 Å². The zero-order valence-electron chi connectivity index (χ0n) is 21.0. The van der Waals surface area contributed by atoms with Crippen LogP contribution in [0.2, 0.25) is 0 Å². The Hall–Kier alpha value is -2.05. The van der Waals surface area contributed by atoms with E-state index < -0.39 is 11.0 Å². The molecule has 2 N–H and O–H groups in total. The third-order valence-corrected chi connectivity index (χ3v) is 10.3. The largest absolute Gasteiger partial charge is 0.504 e. The average Bonchev–Trinajstić information content (AvgIpc) is 3.22. The van der Waals surface area contributed by atoms with Crippen molar-refractivity contribution in [3.8, 4) is 11.5 Å². The molecule has 3 fully saturated rings. The van der Waals surface area contributed by atoms with Gasteiger partial charge >= 0.3 is 0 Å². The van der Waals surface area contributed by atoms with E-state index in [9.17, 15) is 15.0 Å². The van der Waals surface area contributed by atoms with Crippen LogP contribution in [0.25, 0.3) is 0 Å². The molecule has 1 aromatic rings. The highest BCUT2D eigenvalue weighted by Crippen LogP contribution is 2.65. The fourth-order valence-electron chi connectivity index (χ4n) is 8.55. The van der Waals surface area contributed by atoms with E-state index in [1.165, 1.54) is 32.1 Å². The van der Waals surface area contributed by atoms with Gasteiger partial charge in [0.15, 0.2) is 11.5 Å². The predicted molar refractivity (Wildman–Crippen MR) is 135 cm³/mol. The summed E-state index contributed by atoms with van der Waals surface area (Å²) < 4.78 is 6.61. The van der Waals surface area contributed by atoms with Gasteiger partial charge in [-0.3, -0.25) is 9.69 Å². The number of carbonyl (C=O) groups is 1. The van der Waals surface area contributed by atoms with Crippen molar-refractivity contribution in [2.45, 2.75) is 99.8 Å². The molecule has 2 saturated carbocycles. The molecule has 6 heteroatoms. The van der Waals surface area contributed by atoms with Crippen LogP contribution >= 0.6 is 0 Å². The molecule has 1 spiro atoms. The standard InChI is InChI=1S/C29H40N2O4/c1-3-16-31-17-15-28-25-20-10-11-22(32)26(25)35-27(28)21(13-14-29(28,34)23(31)18-20)30(2)24(33)12-9-19-7-5-4-6-8-19/h3,10-11,19,21,23,27,32,34H,1,4-9,12-18H2,2H3/t21?,23-,27?,28+,29-/m1/s1. The predicted octanol–water partition coefficient (Wildman–Crippen LogP) is 3.92. The molecule has 1 aromatic carbocycles. The number of phenolic OH excluding ortho intramolecular Hbond substituents is 1. The molecule has 3 aliphatic carbocycles. The highest BCUT2D eigenvalue weighted by molar-refractivity contribution is 5.76. The van der Waals surface area contributed by atoms with Gasteiger partial charge in [-0.2, -0.15) is 0 Å². The Labute approximate surface area is 208 Å². The van der Waals surface area contributed by atoms with Gasteiger partial charge in [-0.25, -0.2) is 0 Å². The van der Waals surface area contributed by atoms with Crippen LogP contribution in [0.1, 0.15) is 75.3 Å². The van der Waals surface area contributed by atoms with Gasteiger partial charge in [0.25, 0.3) is 0 Å². The lowest BCUT2D eigenvalue weighted by Gasteiger charge is -2.64. The van der Waals surface area contributed by atoms with E-state index in [1.807, 2.05) is 24.1 Å². The van der Waals surface area contributed by atoms with Crippen molar-refractivity contribution in [2.24, 2.45) is 5.92 Å². The Bertz CT molecular complexity index is 1020. The highest BCUT2D eigenvalue weighted by atomic mass is 16.5. The summed E-state index contributed by atoms with van der Waals surface area (Å²) in [4.78, 5) is 17.7. The molecular weight excluding hydrogens is 440 g/mol. The SMILES string of the molecule is C=CCN1CC[C@]23c4c5ccc(O)c4OC2C(N(C)C(=O)CCC2CCCCC2)CC[C@@]3(O)[C@H]1C5. The smallest absolute Gasteiger partial charge is 0.222 e. The number of amides is 1. The first-order valence-electron chi connectivity index (χ1n) is 13.8. The number of likely N-dealkylation sites (tertiary alicyclic amines) is 1. The molecule has 5 atom stereocenters. The molecule has 35 heavy (non-hydrogen) atoms.